The highest BCUT2D eigenvalue weighted by Gasteiger charge is 2.24. The van der Waals surface area contributed by atoms with Crippen molar-refractivity contribution in [2.45, 2.75) is 37.9 Å². The summed E-state index contributed by atoms with van der Waals surface area (Å²) >= 11 is 0. The molecule has 1 saturated heterocycles. The number of pyridine rings is 1. The van der Waals surface area contributed by atoms with Gasteiger partial charge >= 0.3 is 0 Å². The lowest BCUT2D eigenvalue weighted by molar-refractivity contribution is 0.307. The third-order valence-corrected chi connectivity index (χ3v) is 2.79. The van der Waals surface area contributed by atoms with Gasteiger partial charge in [-0.2, -0.15) is 0 Å². The monoisotopic (exact) mass is 191 g/mol. The van der Waals surface area contributed by atoms with Crippen molar-refractivity contribution in [1.82, 2.24) is 10.3 Å². The Labute approximate surface area is 84.7 Å². The van der Waals surface area contributed by atoms with Gasteiger partial charge in [0, 0.05) is 30.5 Å². The molecule has 0 amide bonds. The number of piperidine rings is 1. The van der Waals surface area contributed by atoms with Crippen molar-refractivity contribution in [1.29, 1.82) is 0 Å². The first kappa shape index (κ1) is 9.62. The summed E-state index contributed by atoms with van der Waals surface area (Å²) in [6.07, 6.45) is 5.76. The first-order valence-electron chi connectivity index (χ1n) is 5.17. The van der Waals surface area contributed by atoms with Crippen LogP contribution in [-0.2, 0) is 0 Å². The summed E-state index contributed by atoms with van der Waals surface area (Å²) in [6, 6.07) is 5.35. The molecule has 0 unspecified atom stereocenters. The second kappa shape index (κ2) is 4.07. The molecular formula is C11H17N3. The highest BCUT2D eigenvalue weighted by Crippen LogP contribution is 2.24. The number of hydrogen-bond acceptors (Lipinski definition) is 3. The smallest absolute Gasteiger partial charge is 0.0338 e. The van der Waals surface area contributed by atoms with Crippen LogP contribution in [0.4, 0.5) is 0 Å². The highest BCUT2D eigenvalue weighted by molar-refractivity contribution is 5.16. The van der Waals surface area contributed by atoms with E-state index in [9.17, 15) is 0 Å². The maximum absolute atomic E-state index is 6.00. The van der Waals surface area contributed by atoms with Crippen LogP contribution in [0.15, 0.2) is 24.5 Å². The molecule has 1 aromatic rings. The first-order chi connectivity index (χ1) is 6.75. The van der Waals surface area contributed by atoms with Crippen molar-refractivity contribution < 1.29 is 0 Å². The van der Waals surface area contributed by atoms with Gasteiger partial charge in [0.2, 0.25) is 0 Å². The molecule has 0 bridgehead atoms. The van der Waals surface area contributed by atoms with E-state index in [4.69, 9.17) is 5.73 Å². The van der Waals surface area contributed by atoms with Crippen molar-refractivity contribution in [2.24, 2.45) is 5.73 Å². The molecule has 1 aliphatic rings. The average Bonchev–Trinajstić information content (AvgIpc) is 2.18. The van der Waals surface area contributed by atoms with Crippen LogP contribution in [0.2, 0.25) is 0 Å². The Morgan fingerprint density at radius 3 is 2.71 bits per heavy atom. The minimum absolute atomic E-state index is 0.324. The molecule has 2 rings (SSSR count). The Morgan fingerprint density at radius 2 is 2.07 bits per heavy atom. The largest absolute Gasteiger partial charge is 0.328 e. The molecule has 3 atom stereocenters. The SMILES string of the molecule is C[C@H]1C[C@H](N)C[C@@H](c2ccncc2)N1. The van der Waals surface area contributed by atoms with E-state index in [1.54, 1.807) is 0 Å². The fourth-order valence-corrected chi connectivity index (χ4v) is 2.16. The molecular weight excluding hydrogens is 174 g/mol. The molecule has 1 aromatic heterocycles. The van der Waals surface area contributed by atoms with Crippen LogP contribution in [0, 0.1) is 0 Å². The maximum Gasteiger partial charge on any atom is 0.0338 e. The number of aromatic nitrogens is 1. The Morgan fingerprint density at radius 1 is 1.36 bits per heavy atom. The summed E-state index contributed by atoms with van der Waals surface area (Å²) in [5, 5.41) is 3.56. The maximum atomic E-state index is 6.00. The molecule has 1 aliphatic heterocycles. The van der Waals surface area contributed by atoms with E-state index in [1.807, 2.05) is 12.4 Å². The number of nitrogens with two attached hydrogens (primary N) is 1. The van der Waals surface area contributed by atoms with Gasteiger partial charge in [-0.3, -0.25) is 4.98 Å². The average molecular weight is 191 g/mol. The van der Waals surface area contributed by atoms with Crippen molar-refractivity contribution in [3.63, 3.8) is 0 Å². The molecule has 0 spiro atoms. The zero-order valence-corrected chi connectivity index (χ0v) is 8.48. The molecule has 3 nitrogen and oxygen atoms in total. The van der Waals surface area contributed by atoms with E-state index in [2.05, 4.69) is 29.4 Å². The second-order valence-corrected chi connectivity index (χ2v) is 4.13. The summed E-state index contributed by atoms with van der Waals surface area (Å²) in [4.78, 5) is 4.02. The van der Waals surface area contributed by atoms with Crippen LogP contribution in [0.3, 0.4) is 0 Å². The number of hydrogen-bond donors (Lipinski definition) is 2. The fourth-order valence-electron chi connectivity index (χ4n) is 2.16. The lowest BCUT2D eigenvalue weighted by Crippen LogP contribution is -2.44. The molecule has 0 aromatic carbocycles. The lowest BCUT2D eigenvalue weighted by Gasteiger charge is -2.33. The summed E-state index contributed by atoms with van der Waals surface area (Å²) in [6.45, 7) is 2.19. The molecule has 3 heteroatoms. The Balaban J connectivity index is 2.11. The Hall–Kier alpha value is -0.930. The van der Waals surface area contributed by atoms with E-state index < -0.39 is 0 Å². The van der Waals surface area contributed by atoms with Crippen LogP contribution >= 0.6 is 0 Å². The van der Waals surface area contributed by atoms with Gasteiger partial charge in [0.05, 0.1) is 0 Å². The predicted molar refractivity (Wildman–Crippen MR) is 56.8 cm³/mol. The Kier molecular flexibility index (Phi) is 2.79. The molecule has 0 radical (unpaired) electrons. The zero-order valence-electron chi connectivity index (χ0n) is 8.48. The molecule has 3 N–H and O–H groups in total. The quantitative estimate of drug-likeness (QED) is 0.701. The number of rotatable bonds is 1. The Bertz CT molecular complexity index is 276. The van der Waals surface area contributed by atoms with Crippen LogP contribution in [0.25, 0.3) is 0 Å². The highest BCUT2D eigenvalue weighted by atomic mass is 15.0. The number of nitrogens with zero attached hydrogens (tertiary/aromatic N) is 1. The fraction of sp³-hybridized carbons (Fsp3) is 0.545. The van der Waals surface area contributed by atoms with E-state index in [0.29, 0.717) is 18.1 Å². The van der Waals surface area contributed by atoms with Crippen LogP contribution < -0.4 is 11.1 Å². The normalized spacial score (nSPS) is 32.9. The standard InChI is InChI=1S/C11H17N3/c1-8-6-10(12)7-11(14-8)9-2-4-13-5-3-9/h2-5,8,10-11,14H,6-7,12H2,1H3/t8-,10-,11-/m0/s1. The zero-order chi connectivity index (χ0) is 9.97. The predicted octanol–water partition coefficient (Wildman–Crippen LogP) is 1.22. The van der Waals surface area contributed by atoms with E-state index in [-0.39, 0.29) is 0 Å². The first-order valence-corrected chi connectivity index (χ1v) is 5.17. The van der Waals surface area contributed by atoms with Gasteiger partial charge in [0.25, 0.3) is 0 Å². The topological polar surface area (TPSA) is 50.9 Å². The van der Waals surface area contributed by atoms with Crippen LogP contribution in [0.5, 0.6) is 0 Å². The molecule has 76 valence electrons. The molecule has 0 saturated carbocycles. The van der Waals surface area contributed by atoms with Crippen molar-refractivity contribution >= 4 is 0 Å². The second-order valence-electron chi connectivity index (χ2n) is 4.13. The third kappa shape index (κ3) is 2.11. The van der Waals surface area contributed by atoms with E-state index in [1.165, 1.54) is 5.56 Å². The summed E-state index contributed by atoms with van der Waals surface area (Å²) < 4.78 is 0. The summed E-state index contributed by atoms with van der Waals surface area (Å²) in [5.74, 6) is 0. The van der Waals surface area contributed by atoms with Gasteiger partial charge in [-0.1, -0.05) is 0 Å². The summed E-state index contributed by atoms with van der Waals surface area (Å²) in [5.41, 5.74) is 7.29. The van der Waals surface area contributed by atoms with Gasteiger partial charge in [-0.15, -0.1) is 0 Å². The number of nitrogens with one attached hydrogen (secondary N) is 1. The van der Waals surface area contributed by atoms with Gasteiger partial charge in [0.1, 0.15) is 0 Å². The molecule has 1 fully saturated rings. The molecule has 2 heterocycles. The molecule has 14 heavy (non-hydrogen) atoms. The minimum atomic E-state index is 0.324. The van der Waals surface area contributed by atoms with Crippen molar-refractivity contribution in [3.8, 4) is 0 Å². The van der Waals surface area contributed by atoms with E-state index in [0.717, 1.165) is 12.8 Å². The lowest BCUT2D eigenvalue weighted by atomic mass is 9.91. The van der Waals surface area contributed by atoms with E-state index >= 15 is 0 Å². The van der Waals surface area contributed by atoms with Crippen LogP contribution in [0.1, 0.15) is 31.4 Å². The minimum Gasteiger partial charge on any atom is -0.328 e. The van der Waals surface area contributed by atoms with Crippen molar-refractivity contribution in [2.75, 3.05) is 0 Å². The van der Waals surface area contributed by atoms with Gasteiger partial charge in [-0.25, -0.2) is 0 Å². The van der Waals surface area contributed by atoms with Gasteiger partial charge in [-0.05, 0) is 37.5 Å². The third-order valence-electron chi connectivity index (χ3n) is 2.79. The van der Waals surface area contributed by atoms with Gasteiger partial charge < -0.3 is 11.1 Å². The summed E-state index contributed by atoms with van der Waals surface area (Å²) in [7, 11) is 0. The molecule has 0 aliphatic carbocycles. The van der Waals surface area contributed by atoms with Crippen LogP contribution in [-0.4, -0.2) is 17.1 Å². The van der Waals surface area contributed by atoms with Gasteiger partial charge in [0.15, 0.2) is 0 Å². The van der Waals surface area contributed by atoms with Crippen molar-refractivity contribution in [3.05, 3.63) is 30.1 Å².